The van der Waals surface area contributed by atoms with Crippen LogP contribution in [-0.4, -0.2) is 65.2 Å². The fraction of sp³-hybridized carbons (Fsp3) is 0.261. The number of sulfonamides is 2. The van der Waals surface area contributed by atoms with Gasteiger partial charge in [0.15, 0.2) is 0 Å². The van der Waals surface area contributed by atoms with Crippen LogP contribution in [-0.2, 0) is 20.0 Å². The van der Waals surface area contributed by atoms with Gasteiger partial charge in [0.2, 0.25) is 20.0 Å². The molecule has 1 heterocycles. The van der Waals surface area contributed by atoms with Crippen molar-refractivity contribution in [2.24, 2.45) is 0 Å². The summed E-state index contributed by atoms with van der Waals surface area (Å²) in [4.78, 5) is 14.9. The Kier molecular flexibility index (Phi) is 6.28. The largest absolute Gasteiger partial charge is 0.336 e. The van der Waals surface area contributed by atoms with E-state index >= 15 is 0 Å². The SMILES string of the molecule is CNS(=O)(=O)c1ccc(C)c(C(=O)N2CCN(S(=O)(=O)c3ccc4ccccc4c3)CC2)c1. The van der Waals surface area contributed by atoms with Gasteiger partial charge >= 0.3 is 0 Å². The zero-order valence-electron chi connectivity index (χ0n) is 18.4. The highest BCUT2D eigenvalue weighted by Gasteiger charge is 2.31. The number of hydrogen-bond acceptors (Lipinski definition) is 5. The van der Waals surface area contributed by atoms with Gasteiger partial charge in [-0.1, -0.05) is 36.4 Å². The van der Waals surface area contributed by atoms with E-state index in [4.69, 9.17) is 0 Å². The number of piperazine rings is 1. The lowest BCUT2D eigenvalue weighted by Crippen LogP contribution is -2.50. The normalized spacial score (nSPS) is 15.6. The van der Waals surface area contributed by atoms with Crippen molar-refractivity contribution in [3.8, 4) is 0 Å². The van der Waals surface area contributed by atoms with Crippen LogP contribution in [0.15, 0.2) is 70.5 Å². The molecule has 0 radical (unpaired) electrons. The first-order valence-electron chi connectivity index (χ1n) is 10.5. The van der Waals surface area contributed by atoms with E-state index in [0.717, 1.165) is 10.8 Å². The minimum Gasteiger partial charge on any atom is -0.336 e. The molecule has 174 valence electrons. The molecule has 1 aliphatic heterocycles. The van der Waals surface area contributed by atoms with Crippen LogP contribution in [0.5, 0.6) is 0 Å². The molecule has 1 fully saturated rings. The number of carbonyl (C=O) groups is 1. The maximum atomic E-state index is 13.2. The number of fused-ring (bicyclic) bond motifs is 1. The molecule has 1 aliphatic rings. The summed E-state index contributed by atoms with van der Waals surface area (Å²) in [6, 6.07) is 17.0. The Labute approximate surface area is 193 Å². The van der Waals surface area contributed by atoms with E-state index in [9.17, 15) is 21.6 Å². The predicted octanol–water partition coefficient (Wildman–Crippen LogP) is 2.20. The smallest absolute Gasteiger partial charge is 0.254 e. The fourth-order valence-corrected chi connectivity index (χ4v) is 6.11. The zero-order chi connectivity index (χ0) is 23.8. The van der Waals surface area contributed by atoms with Crippen LogP contribution in [0.2, 0.25) is 0 Å². The predicted molar refractivity (Wildman–Crippen MR) is 126 cm³/mol. The first-order chi connectivity index (χ1) is 15.6. The number of nitrogens with zero attached hydrogens (tertiary/aromatic N) is 2. The monoisotopic (exact) mass is 487 g/mol. The van der Waals surface area contributed by atoms with E-state index in [1.165, 1.54) is 23.5 Å². The average Bonchev–Trinajstić information content (AvgIpc) is 2.83. The second kappa shape index (κ2) is 8.86. The van der Waals surface area contributed by atoms with Gasteiger partial charge in [-0.2, -0.15) is 4.31 Å². The summed E-state index contributed by atoms with van der Waals surface area (Å²) < 4.78 is 54.2. The summed E-state index contributed by atoms with van der Waals surface area (Å²) in [6.07, 6.45) is 0. The third kappa shape index (κ3) is 4.51. The summed E-state index contributed by atoms with van der Waals surface area (Å²) in [5.41, 5.74) is 0.943. The summed E-state index contributed by atoms with van der Waals surface area (Å²) in [5.74, 6) is -0.316. The van der Waals surface area contributed by atoms with Gasteiger partial charge in [-0.25, -0.2) is 21.6 Å². The topological polar surface area (TPSA) is 104 Å². The molecule has 3 aromatic rings. The van der Waals surface area contributed by atoms with Crippen molar-refractivity contribution in [3.05, 3.63) is 71.8 Å². The van der Waals surface area contributed by atoms with E-state index in [-0.39, 0.29) is 47.4 Å². The number of hydrogen-bond donors (Lipinski definition) is 1. The fourth-order valence-electron chi connectivity index (χ4n) is 3.90. The molecule has 10 heteroatoms. The van der Waals surface area contributed by atoms with Gasteiger partial charge in [-0.05, 0) is 54.6 Å². The molecule has 0 bridgehead atoms. The average molecular weight is 488 g/mol. The van der Waals surface area contributed by atoms with Crippen LogP contribution in [0.3, 0.4) is 0 Å². The van der Waals surface area contributed by atoms with E-state index in [1.54, 1.807) is 36.1 Å². The van der Waals surface area contributed by atoms with Gasteiger partial charge in [0.05, 0.1) is 9.79 Å². The second-order valence-electron chi connectivity index (χ2n) is 7.89. The first kappa shape index (κ1) is 23.4. The van der Waals surface area contributed by atoms with Crippen molar-refractivity contribution in [1.82, 2.24) is 13.9 Å². The first-order valence-corrected chi connectivity index (χ1v) is 13.4. The molecule has 0 aliphatic carbocycles. The molecule has 1 saturated heterocycles. The lowest BCUT2D eigenvalue weighted by Gasteiger charge is -2.34. The molecule has 33 heavy (non-hydrogen) atoms. The Morgan fingerprint density at radius 1 is 0.818 bits per heavy atom. The van der Waals surface area contributed by atoms with Gasteiger partial charge in [0.1, 0.15) is 0 Å². The number of nitrogens with one attached hydrogen (secondary N) is 1. The molecule has 8 nitrogen and oxygen atoms in total. The molecular weight excluding hydrogens is 462 g/mol. The Morgan fingerprint density at radius 3 is 2.12 bits per heavy atom. The molecule has 3 aromatic carbocycles. The number of rotatable bonds is 5. The van der Waals surface area contributed by atoms with Gasteiger partial charge in [0.25, 0.3) is 5.91 Å². The van der Waals surface area contributed by atoms with Gasteiger partial charge in [-0.15, -0.1) is 0 Å². The van der Waals surface area contributed by atoms with E-state index in [2.05, 4.69) is 4.72 Å². The van der Waals surface area contributed by atoms with Crippen LogP contribution < -0.4 is 4.72 Å². The lowest BCUT2D eigenvalue weighted by atomic mass is 10.1. The molecule has 0 atom stereocenters. The Bertz CT molecular complexity index is 1430. The number of amides is 1. The van der Waals surface area contributed by atoms with Crippen LogP contribution in [0, 0.1) is 6.92 Å². The van der Waals surface area contributed by atoms with Crippen LogP contribution in [0.4, 0.5) is 0 Å². The van der Waals surface area contributed by atoms with Crippen molar-refractivity contribution in [1.29, 1.82) is 0 Å². The van der Waals surface area contributed by atoms with Gasteiger partial charge in [0, 0.05) is 31.7 Å². The van der Waals surface area contributed by atoms with Crippen molar-refractivity contribution in [2.75, 3.05) is 33.2 Å². The van der Waals surface area contributed by atoms with Crippen molar-refractivity contribution >= 4 is 36.7 Å². The summed E-state index contributed by atoms with van der Waals surface area (Å²) in [5, 5.41) is 1.81. The standard InChI is InChI=1S/C23H25N3O5S2/c1-17-7-9-20(32(28,29)24-2)16-22(17)23(27)25-11-13-26(14-12-25)33(30,31)21-10-8-18-5-3-4-6-19(18)15-21/h3-10,15-16,24H,11-14H2,1-2H3. The molecule has 4 rings (SSSR count). The molecule has 0 aromatic heterocycles. The van der Waals surface area contributed by atoms with E-state index < -0.39 is 20.0 Å². The van der Waals surface area contributed by atoms with Crippen molar-refractivity contribution in [2.45, 2.75) is 16.7 Å². The Balaban J connectivity index is 1.51. The second-order valence-corrected chi connectivity index (χ2v) is 11.7. The zero-order valence-corrected chi connectivity index (χ0v) is 20.0. The van der Waals surface area contributed by atoms with Crippen molar-refractivity contribution < 1.29 is 21.6 Å². The van der Waals surface area contributed by atoms with Crippen LogP contribution >= 0.6 is 0 Å². The molecule has 0 spiro atoms. The summed E-state index contributed by atoms with van der Waals surface area (Å²) in [7, 11) is -6.07. The summed E-state index contributed by atoms with van der Waals surface area (Å²) >= 11 is 0. The van der Waals surface area contributed by atoms with E-state index in [1.807, 2.05) is 24.3 Å². The molecule has 0 unspecified atom stereocenters. The molecule has 1 amide bonds. The highest BCUT2D eigenvalue weighted by molar-refractivity contribution is 7.89. The number of benzene rings is 3. The van der Waals surface area contributed by atoms with Gasteiger partial charge < -0.3 is 4.90 Å². The van der Waals surface area contributed by atoms with Crippen molar-refractivity contribution in [3.63, 3.8) is 0 Å². The highest BCUT2D eigenvalue weighted by atomic mass is 32.2. The Morgan fingerprint density at radius 2 is 1.45 bits per heavy atom. The Hall–Kier alpha value is -2.79. The molecular formula is C23H25N3O5S2. The molecule has 0 saturated carbocycles. The maximum absolute atomic E-state index is 13.2. The highest BCUT2D eigenvalue weighted by Crippen LogP contribution is 2.24. The summed E-state index contributed by atoms with van der Waals surface area (Å²) in [6.45, 7) is 2.49. The van der Waals surface area contributed by atoms with Gasteiger partial charge in [-0.3, -0.25) is 4.79 Å². The maximum Gasteiger partial charge on any atom is 0.254 e. The van der Waals surface area contributed by atoms with Crippen LogP contribution in [0.1, 0.15) is 15.9 Å². The quantitative estimate of drug-likeness (QED) is 0.594. The lowest BCUT2D eigenvalue weighted by molar-refractivity contribution is 0.0697. The molecule has 1 N–H and O–H groups in total. The van der Waals surface area contributed by atoms with E-state index in [0.29, 0.717) is 5.56 Å². The number of carbonyl (C=O) groups excluding carboxylic acids is 1. The third-order valence-electron chi connectivity index (χ3n) is 5.90. The third-order valence-corrected chi connectivity index (χ3v) is 9.21. The number of aryl methyl sites for hydroxylation is 1. The van der Waals surface area contributed by atoms with Crippen LogP contribution in [0.25, 0.3) is 10.8 Å². The minimum absolute atomic E-state index is 0.0106. The minimum atomic E-state index is -3.70.